The molecule has 5 nitrogen and oxygen atoms in total. The number of hydrogen-bond donors (Lipinski definition) is 1. The van der Waals surface area contributed by atoms with Crippen molar-refractivity contribution in [2.24, 2.45) is 5.92 Å². The van der Waals surface area contributed by atoms with Gasteiger partial charge in [-0.2, -0.15) is 0 Å². The Bertz CT molecular complexity index is 1450. The van der Waals surface area contributed by atoms with Gasteiger partial charge in [0.1, 0.15) is 17.3 Å². The summed E-state index contributed by atoms with van der Waals surface area (Å²) >= 11 is 0. The van der Waals surface area contributed by atoms with E-state index in [2.05, 4.69) is 34.0 Å². The van der Waals surface area contributed by atoms with Crippen LogP contribution in [0, 0.1) is 5.92 Å². The molecule has 1 saturated heterocycles. The van der Waals surface area contributed by atoms with Crippen molar-refractivity contribution in [3.05, 3.63) is 106 Å². The van der Waals surface area contributed by atoms with Gasteiger partial charge in [-0.25, -0.2) is 4.39 Å². The first-order valence-electron chi connectivity index (χ1n) is 14.0. The first-order valence-corrected chi connectivity index (χ1v) is 14.0. The number of fused-ring (bicyclic) bond motifs is 2. The predicted octanol–water partition coefficient (Wildman–Crippen LogP) is 7.22. The molecule has 2 aromatic carbocycles. The van der Waals surface area contributed by atoms with E-state index >= 15 is 0 Å². The number of amides is 1. The molecule has 1 amide bonds. The zero-order valence-electron chi connectivity index (χ0n) is 22.7. The van der Waals surface area contributed by atoms with E-state index in [1.165, 1.54) is 29.9 Å². The number of anilines is 1. The lowest BCUT2D eigenvalue weighted by Crippen LogP contribution is -2.35. The van der Waals surface area contributed by atoms with Crippen LogP contribution in [0.3, 0.4) is 0 Å². The Balaban J connectivity index is 1.03. The number of carbonyl (C=O) groups is 1. The summed E-state index contributed by atoms with van der Waals surface area (Å²) in [5.41, 5.74) is 6.80. The van der Waals surface area contributed by atoms with E-state index in [0.717, 1.165) is 66.9 Å². The molecule has 1 saturated carbocycles. The Labute approximate surface area is 236 Å². The van der Waals surface area contributed by atoms with Crippen molar-refractivity contribution in [2.45, 2.75) is 51.4 Å². The van der Waals surface area contributed by atoms with Gasteiger partial charge in [0.05, 0.1) is 0 Å². The maximum absolute atomic E-state index is 13.9. The molecular weight excluding hydrogens is 534 g/mol. The summed E-state index contributed by atoms with van der Waals surface area (Å²) < 4.78 is 55.1. The third-order valence-corrected chi connectivity index (χ3v) is 8.33. The van der Waals surface area contributed by atoms with Gasteiger partial charge >= 0.3 is 6.36 Å². The SMILES string of the molecule is CCC1=C(C(=O)NCc2ccc(N3CCC(c4ccc(OC(F)(F)F)cc4)CC3)cc2)N2C=CC(F)=CC2=C2CC21. The summed E-state index contributed by atoms with van der Waals surface area (Å²) in [5.74, 6) is -0.132. The number of rotatable bonds is 7. The normalized spacial score (nSPS) is 20.5. The molecule has 3 aliphatic heterocycles. The van der Waals surface area contributed by atoms with Crippen LogP contribution in [0.2, 0.25) is 0 Å². The van der Waals surface area contributed by atoms with E-state index in [4.69, 9.17) is 0 Å². The molecule has 1 unspecified atom stereocenters. The van der Waals surface area contributed by atoms with E-state index in [0.29, 0.717) is 12.2 Å². The van der Waals surface area contributed by atoms with Crippen LogP contribution < -0.4 is 15.0 Å². The molecule has 0 aromatic heterocycles. The third kappa shape index (κ3) is 5.76. The fraction of sp³-hybridized carbons (Fsp3) is 0.344. The molecule has 0 bridgehead atoms. The van der Waals surface area contributed by atoms with Crippen LogP contribution in [0.25, 0.3) is 0 Å². The number of nitrogens with zero attached hydrogens (tertiary/aromatic N) is 2. The monoisotopic (exact) mass is 565 g/mol. The molecule has 0 spiro atoms. The first kappa shape index (κ1) is 27.2. The van der Waals surface area contributed by atoms with Crippen LogP contribution in [0.4, 0.5) is 23.2 Å². The molecule has 214 valence electrons. The molecule has 1 N–H and O–H groups in total. The number of alkyl halides is 3. The highest BCUT2D eigenvalue weighted by molar-refractivity contribution is 5.95. The lowest BCUT2D eigenvalue weighted by atomic mass is 9.89. The van der Waals surface area contributed by atoms with E-state index in [-0.39, 0.29) is 29.3 Å². The maximum Gasteiger partial charge on any atom is 0.573 e. The van der Waals surface area contributed by atoms with Gasteiger partial charge in [-0.3, -0.25) is 4.79 Å². The Morgan fingerprint density at radius 1 is 1.05 bits per heavy atom. The maximum atomic E-state index is 13.9. The van der Waals surface area contributed by atoms with Crippen LogP contribution in [0.5, 0.6) is 5.75 Å². The van der Waals surface area contributed by atoms with Crippen molar-refractivity contribution >= 4 is 11.6 Å². The van der Waals surface area contributed by atoms with Crippen molar-refractivity contribution < 1.29 is 27.1 Å². The molecule has 6 rings (SSSR count). The Morgan fingerprint density at radius 3 is 2.41 bits per heavy atom. The quantitative estimate of drug-likeness (QED) is 0.360. The highest BCUT2D eigenvalue weighted by Gasteiger charge is 2.44. The van der Waals surface area contributed by atoms with Crippen molar-refractivity contribution in [3.63, 3.8) is 0 Å². The molecule has 3 heterocycles. The number of benzene rings is 2. The van der Waals surface area contributed by atoms with Gasteiger partial charge in [-0.05, 0) is 90.3 Å². The van der Waals surface area contributed by atoms with Gasteiger partial charge in [0.2, 0.25) is 0 Å². The van der Waals surface area contributed by atoms with Crippen molar-refractivity contribution in [3.8, 4) is 5.75 Å². The topological polar surface area (TPSA) is 44.8 Å². The van der Waals surface area contributed by atoms with Gasteiger partial charge in [0, 0.05) is 43.1 Å². The minimum Gasteiger partial charge on any atom is -0.406 e. The van der Waals surface area contributed by atoms with E-state index in [1.807, 2.05) is 17.0 Å². The zero-order chi connectivity index (χ0) is 28.7. The minimum absolute atomic E-state index is 0.158. The van der Waals surface area contributed by atoms with Crippen LogP contribution in [-0.4, -0.2) is 30.3 Å². The highest BCUT2D eigenvalue weighted by Crippen LogP contribution is 2.53. The average Bonchev–Trinajstić information content (AvgIpc) is 3.76. The van der Waals surface area contributed by atoms with E-state index in [9.17, 15) is 22.4 Å². The molecule has 1 aliphatic carbocycles. The summed E-state index contributed by atoms with van der Waals surface area (Å²) in [6.45, 7) is 4.12. The summed E-state index contributed by atoms with van der Waals surface area (Å²) in [6.07, 6.45) is 3.30. The molecule has 2 fully saturated rings. The average molecular weight is 566 g/mol. The lowest BCUT2D eigenvalue weighted by Gasteiger charge is -2.34. The van der Waals surface area contributed by atoms with Crippen LogP contribution in [0.15, 0.2) is 95.3 Å². The van der Waals surface area contributed by atoms with Crippen molar-refractivity contribution in [2.75, 3.05) is 18.0 Å². The van der Waals surface area contributed by atoms with Gasteiger partial charge in [-0.15, -0.1) is 13.2 Å². The number of carbonyl (C=O) groups excluding carboxylic acids is 1. The number of ether oxygens (including phenoxy) is 1. The fourth-order valence-corrected chi connectivity index (χ4v) is 6.19. The van der Waals surface area contributed by atoms with Gasteiger partial charge in [0.15, 0.2) is 0 Å². The Kier molecular flexibility index (Phi) is 7.13. The second-order valence-electron chi connectivity index (χ2n) is 10.8. The second kappa shape index (κ2) is 10.8. The standard InChI is InChI=1S/C32H31F4N3O2/c1-2-26-27-18-28(27)29-17-23(33)13-16-39(29)30(26)31(40)37-19-20-3-7-24(8-4-20)38-14-11-22(12-15-38)21-5-9-25(10-6-21)41-32(34,35)36/h3-10,13,16-17,22,27H,2,11-12,14-15,18-19H2,1H3,(H,37,40). The number of halogens is 4. The van der Waals surface area contributed by atoms with Crippen LogP contribution >= 0.6 is 0 Å². The van der Waals surface area contributed by atoms with Gasteiger partial charge in [0.25, 0.3) is 5.91 Å². The van der Waals surface area contributed by atoms with Crippen molar-refractivity contribution in [1.29, 1.82) is 0 Å². The number of hydrogen-bond acceptors (Lipinski definition) is 4. The number of allylic oxidation sites excluding steroid dienone is 5. The summed E-state index contributed by atoms with van der Waals surface area (Å²) in [7, 11) is 0. The minimum atomic E-state index is -4.69. The molecule has 9 heteroatoms. The first-order chi connectivity index (χ1) is 19.7. The van der Waals surface area contributed by atoms with Gasteiger partial charge in [-0.1, -0.05) is 31.2 Å². The van der Waals surface area contributed by atoms with Gasteiger partial charge < -0.3 is 19.9 Å². The highest BCUT2D eigenvalue weighted by atomic mass is 19.4. The molecule has 1 atom stereocenters. The molecular formula is C32H31F4N3O2. The molecule has 0 radical (unpaired) electrons. The zero-order valence-corrected chi connectivity index (χ0v) is 22.7. The predicted molar refractivity (Wildman–Crippen MR) is 148 cm³/mol. The molecule has 2 aromatic rings. The lowest BCUT2D eigenvalue weighted by molar-refractivity contribution is -0.274. The molecule has 41 heavy (non-hydrogen) atoms. The van der Waals surface area contributed by atoms with E-state index in [1.54, 1.807) is 18.3 Å². The Morgan fingerprint density at radius 2 is 1.76 bits per heavy atom. The number of nitrogens with one attached hydrogen (secondary N) is 1. The van der Waals surface area contributed by atoms with E-state index < -0.39 is 6.36 Å². The summed E-state index contributed by atoms with van der Waals surface area (Å²) in [4.78, 5) is 17.5. The van der Waals surface area contributed by atoms with Crippen LogP contribution in [-0.2, 0) is 11.3 Å². The smallest absolute Gasteiger partial charge is 0.406 e. The fourth-order valence-electron chi connectivity index (χ4n) is 6.19. The summed E-state index contributed by atoms with van der Waals surface area (Å²) in [6, 6.07) is 14.3. The largest absolute Gasteiger partial charge is 0.573 e. The van der Waals surface area contributed by atoms with Crippen LogP contribution in [0.1, 0.15) is 49.7 Å². The third-order valence-electron chi connectivity index (χ3n) is 8.33. The second-order valence-corrected chi connectivity index (χ2v) is 10.8. The number of piperidine rings is 1. The van der Waals surface area contributed by atoms with Crippen molar-refractivity contribution in [1.82, 2.24) is 10.2 Å². The molecule has 4 aliphatic rings. The summed E-state index contributed by atoms with van der Waals surface area (Å²) in [5, 5.41) is 3.06. The Hall–Kier alpha value is -4.01.